The van der Waals surface area contributed by atoms with Gasteiger partial charge in [-0.1, -0.05) is 11.6 Å². The molecule has 1 aromatic carbocycles. The van der Waals surface area contributed by atoms with E-state index in [4.69, 9.17) is 16.3 Å². The number of nitro groups is 1. The molecule has 0 radical (unpaired) electrons. The lowest BCUT2D eigenvalue weighted by molar-refractivity contribution is -0.384. The van der Waals surface area contributed by atoms with Crippen molar-refractivity contribution in [3.05, 3.63) is 62.4 Å². The van der Waals surface area contributed by atoms with Crippen molar-refractivity contribution in [3.8, 4) is 5.75 Å². The molecule has 1 heterocycles. The third-order valence-corrected chi connectivity index (χ3v) is 3.99. The lowest BCUT2D eigenvalue weighted by Gasteiger charge is -2.14. The number of alkyl halides is 6. The second kappa shape index (κ2) is 9.37. The molecule has 1 amide bonds. The first kappa shape index (κ1) is 24.2. The summed E-state index contributed by atoms with van der Waals surface area (Å²) < 4.78 is 81.5. The molecule has 0 spiro atoms. The maximum atomic E-state index is 12.8. The van der Waals surface area contributed by atoms with Gasteiger partial charge in [-0.25, -0.2) is 4.98 Å². The first-order chi connectivity index (χ1) is 14.3. The maximum absolute atomic E-state index is 12.8. The number of hydrogen-bond donors (Lipinski definition) is 1. The summed E-state index contributed by atoms with van der Waals surface area (Å²) in [7, 11) is 0. The summed E-state index contributed by atoms with van der Waals surface area (Å²) in [6.07, 6.45) is -10.2. The van der Waals surface area contributed by atoms with Gasteiger partial charge in [-0.2, -0.15) is 26.3 Å². The molecule has 0 aliphatic carbocycles. The molecular weight excluding hydrogens is 460 g/mol. The van der Waals surface area contributed by atoms with Gasteiger partial charge < -0.3 is 10.1 Å². The van der Waals surface area contributed by atoms with Gasteiger partial charge >= 0.3 is 12.4 Å². The van der Waals surface area contributed by atoms with Crippen LogP contribution in [-0.4, -0.2) is 29.0 Å². The van der Waals surface area contributed by atoms with Gasteiger partial charge in [0, 0.05) is 30.8 Å². The fourth-order valence-electron chi connectivity index (χ4n) is 2.24. The summed E-state index contributed by atoms with van der Waals surface area (Å²) in [6, 6.07) is 3.89. The van der Waals surface area contributed by atoms with Gasteiger partial charge in [-0.15, -0.1) is 0 Å². The molecule has 14 heteroatoms. The maximum Gasteiger partial charge on any atom is 0.433 e. The number of rotatable bonds is 7. The van der Waals surface area contributed by atoms with E-state index in [1.54, 1.807) is 0 Å². The number of carbonyl (C=O) groups is 1. The van der Waals surface area contributed by atoms with Crippen LogP contribution in [0.2, 0.25) is 5.02 Å². The van der Waals surface area contributed by atoms with Crippen LogP contribution in [0.4, 0.5) is 32.0 Å². The van der Waals surface area contributed by atoms with E-state index >= 15 is 0 Å². The number of hydrogen-bond acceptors (Lipinski definition) is 5. The quantitative estimate of drug-likeness (QED) is 0.269. The number of halogens is 7. The first-order valence-corrected chi connectivity index (χ1v) is 8.68. The van der Waals surface area contributed by atoms with Gasteiger partial charge in [0.2, 0.25) is 0 Å². The molecule has 0 fully saturated rings. The van der Waals surface area contributed by atoms with Crippen LogP contribution in [0, 0.1) is 10.1 Å². The van der Waals surface area contributed by atoms with E-state index in [2.05, 4.69) is 10.3 Å². The summed E-state index contributed by atoms with van der Waals surface area (Å²) in [5.41, 5.74) is -4.05. The molecule has 1 N–H and O–H groups in total. The Morgan fingerprint density at radius 2 is 1.68 bits per heavy atom. The SMILES string of the molecule is O=C(NCCCOc1cc(C(F)(F)F)nc(C(F)(F)F)c1)c1cc([N+](=O)[O-])ccc1Cl. The van der Waals surface area contributed by atoms with Gasteiger partial charge in [0.15, 0.2) is 0 Å². The Morgan fingerprint density at radius 3 is 2.19 bits per heavy atom. The average Bonchev–Trinajstić information content (AvgIpc) is 2.66. The number of nitrogens with one attached hydrogen (secondary N) is 1. The largest absolute Gasteiger partial charge is 0.493 e. The number of pyridine rings is 1. The van der Waals surface area contributed by atoms with Crippen molar-refractivity contribution in [1.29, 1.82) is 0 Å². The zero-order valence-corrected chi connectivity index (χ0v) is 15.9. The van der Waals surface area contributed by atoms with Crippen LogP contribution in [0.5, 0.6) is 5.75 Å². The number of amides is 1. The monoisotopic (exact) mass is 471 g/mol. The summed E-state index contributed by atoms with van der Waals surface area (Å²) in [5.74, 6) is -1.45. The summed E-state index contributed by atoms with van der Waals surface area (Å²) in [4.78, 5) is 24.7. The Kier molecular flexibility index (Phi) is 7.31. The summed E-state index contributed by atoms with van der Waals surface area (Å²) in [5, 5.41) is 13.1. The van der Waals surface area contributed by atoms with Crippen molar-refractivity contribution in [2.24, 2.45) is 0 Å². The molecule has 0 bridgehead atoms. The van der Waals surface area contributed by atoms with Crippen LogP contribution in [0.1, 0.15) is 28.2 Å². The molecule has 2 aromatic rings. The Balaban J connectivity index is 1.97. The molecular formula is C17H12ClF6N3O4. The Labute approximate surface area is 175 Å². The summed E-state index contributed by atoms with van der Waals surface area (Å²) in [6.45, 7) is -0.428. The van der Waals surface area contributed by atoms with E-state index in [9.17, 15) is 41.3 Å². The number of carbonyl (C=O) groups excluding carboxylic acids is 1. The van der Waals surface area contributed by atoms with E-state index < -0.39 is 40.3 Å². The van der Waals surface area contributed by atoms with Gasteiger partial charge in [0.05, 0.1) is 22.1 Å². The van der Waals surface area contributed by atoms with Crippen molar-refractivity contribution in [2.75, 3.05) is 13.2 Å². The molecule has 0 aliphatic heterocycles. The zero-order chi connectivity index (χ0) is 23.4. The smallest absolute Gasteiger partial charge is 0.433 e. The Hall–Kier alpha value is -3.09. The molecule has 0 atom stereocenters. The number of nitrogens with zero attached hydrogens (tertiary/aromatic N) is 2. The molecule has 168 valence electrons. The summed E-state index contributed by atoms with van der Waals surface area (Å²) >= 11 is 5.82. The van der Waals surface area contributed by atoms with Crippen LogP contribution in [0.3, 0.4) is 0 Å². The van der Waals surface area contributed by atoms with Gasteiger partial charge in [-0.3, -0.25) is 14.9 Å². The lowest BCUT2D eigenvalue weighted by atomic mass is 10.2. The van der Waals surface area contributed by atoms with Crippen molar-refractivity contribution in [3.63, 3.8) is 0 Å². The third kappa shape index (κ3) is 6.70. The second-order valence-corrected chi connectivity index (χ2v) is 6.36. The number of nitro benzene ring substituents is 1. The van der Waals surface area contributed by atoms with E-state index in [1.165, 1.54) is 0 Å². The molecule has 0 aliphatic rings. The Bertz CT molecular complexity index is 949. The molecule has 0 saturated heterocycles. The van der Waals surface area contributed by atoms with Crippen LogP contribution in [0.15, 0.2) is 30.3 Å². The fourth-order valence-corrected chi connectivity index (χ4v) is 2.44. The number of non-ortho nitro benzene ring substituents is 1. The van der Waals surface area contributed by atoms with Gasteiger partial charge in [0.25, 0.3) is 11.6 Å². The predicted molar refractivity (Wildman–Crippen MR) is 94.8 cm³/mol. The van der Waals surface area contributed by atoms with E-state index in [0.29, 0.717) is 12.1 Å². The topological polar surface area (TPSA) is 94.4 Å². The number of aromatic nitrogens is 1. The van der Waals surface area contributed by atoms with Crippen molar-refractivity contribution in [2.45, 2.75) is 18.8 Å². The van der Waals surface area contributed by atoms with Crippen LogP contribution in [0.25, 0.3) is 0 Å². The minimum Gasteiger partial charge on any atom is -0.493 e. The third-order valence-electron chi connectivity index (χ3n) is 3.66. The molecule has 1 aromatic heterocycles. The van der Waals surface area contributed by atoms with Crippen molar-refractivity contribution < 1.29 is 40.8 Å². The van der Waals surface area contributed by atoms with Crippen molar-refractivity contribution in [1.82, 2.24) is 10.3 Å². The van der Waals surface area contributed by atoms with Crippen LogP contribution >= 0.6 is 11.6 Å². The highest BCUT2D eigenvalue weighted by molar-refractivity contribution is 6.33. The highest BCUT2D eigenvalue weighted by Crippen LogP contribution is 2.35. The molecule has 7 nitrogen and oxygen atoms in total. The average molecular weight is 472 g/mol. The number of ether oxygens (including phenoxy) is 1. The van der Waals surface area contributed by atoms with E-state index in [1.807, 2.05) is 0 Å². The highest BCUT2D eigenvalue weighted by atomic mass is 35.5. The molecule has 2 rings (SSSR count). The van der Waals surface area contributed by atoms with E-state index in [0.717, 1.165) is 18.2 Å². The molecule has 0 saturated carbocycles. The first-order valence-electron chi connectivity index (χ1n) is 8.30. The lowest BCUT2D eigenvalue weighted by Crippen LogP contribution is -2.26. The van der Waals surface area contributed by atoms with Gasteiger partial charge in [-0.05, 0) is 12.5 Å². The minimum absolute atomic E-state index is 0.00328. The zero-order valence-electron chi connectivity index (χ0n) is 15.2. The van der Waals surface area contributed by atoms with Crippen molar-refractivity contribution >= 4 is 23.2 Å². The van der Waals surface area contributed by atoms with E-state index in [-0.39, 0.29) is 35.8 Å². The molecule has 31 heavy (non-hydrogen) atoms. The van der Waals surface area contributed by atoms with Crippen LogP contribution in [-0.2, 0) is 12.4 Å². The highest BCUT2D eigenvalue weighted by Gasteiger charge is 2.39. The van der Waals surface area contributed by atoms with Crippen LogP contribution < -0.4 is 10.1 Å². The standard InChI is InChI=1S/C17H12ClF6N3O4/c18-12-3-2-9(27(29)30)6-11(12)15(28)25-4-1-5-31-10-7-13(16(19,20)21)26-14(8-10)17(22,23)24/h2-3,6-8H,1,4-5H2,(H,25,28). The Morgan fingerprint density at radius 1 is 1.10 bits per heavy atom. The number of benzene rings is 1. The minimum atomic E-state index is -5.11. The second-order valence-electron chi connectivity index (χ2n) is 5.95. The normalized spacial score (nSPS) is 11.8. The van der Waals surface area contributed by atoms with Gasteiger partial charge in [0.1, 0.15) is 17.1 Å². The fraction of sp³-hybridized carbons (Fsp3) is 0.294. The predicted octanol–water partition coefficient (Wildman–Crippen LogP) is 4.88. The molecule has 0 unspecified atom stereocenters.